The Kier molecular flexibility index (Phi) is 3.35. The van der Waals surface area contributed by atoms with E-state index in [0.29, 0.717) is 12.2 Å². The largest absolute Gasteiger partial charge is 0.477 e. The Hall–Kier alpha value is -3.07. The van der Waals surface area contributed by atoms with Gasteiger partial charge in [0.25, 0.3) is 0 Å². The summed E-state index contributed by atoms with van der Waals surface area (Å²) in [5, 5.41) is 12.9. The highest BCUT2D eigenvalue weighted by Gasteiger charge is 2.15. The van der Waals surface area contributed by atoms with Crippen molar-refractivity contribution in [2.75, 3.05) is 0 Å². The fourth-order valence-electron chi connectivity index (χ4n) is 3.31. The normalized spacial score (nSPS) is 11.2. The molecule has 0 spiro atoms. The molecule has 1 heterocycles. The van der Waals surface area contributed by atoms with Crippen LogP contribution in [0.25, 0.3) is 21.7 Å². The number of carboxylic acids is 1. The SMILES string of the molecule is Cc1ccc2cc(C(=O)O)n(Cc3cccc4ccccc34)c2c1. The molecule has 0 saturated heterocycles. The molecule has 1 aromatic heterocycles. The monoisotopic (exact) mass is 315 g/mol. The quantitative estimate of drug-likeness (QED) is 0.587. The predicted molar refractivity (Wildman–Crippen MR) is 96.7 cm³/mol. The maximum absolute atomic E-state index is 11.7. The van der Waals surface area contributed by atoms with Crippen LogP contribution in [0.15, 0.2) is 66.7 Å². The van der Waals surface area contributed by atoms with Crippen LogP contribution in [-0.4, -0.2) is 15.6 Å². The van der Waals surface area contributed by atoms with E-state index in [1.807, 2.05) is 47.9 Å². The summed E-state index contributed by atoms with van der Waals surface area (Å²) in [6.07, 6.45) is 0. The third kappa shape index (κ3) is 2.35. The Morgan fingerprint density at radius 1 is 0.958 bits per heavy atom. The van der Waals surface area contributed by atoms with E-state index in [-0.39, 0.29) is 0 Å². The second-order valence-electron chi connectivity index (χ2n) is 6.12. The predicted octanol–water partition coefficient (Wildman–Crippen LogP) is 4.85. The first-order chi connectivity index (χ1) is 11.6. The van der Waals surface area contributed by atoms with Gasteiger partial charge in [0.15, 0.2) is 0 Å². The molecule has 0 aliphatic rings. The van der Waals surface area contributed by atoms with Gasteiger partial charge in [-0.05, 0) is 41.0 Å². The number of hydrogen-bond donors (Lipinski definition) is 1. The first kappa shape index (κ1) is 14.5. The number of carboxylic acid groups (broad SMARTS) is 1. The lowest BCUT2D eigenvalue weighted by Crippen LogP contribution is -2.09. The summed E-state index contributed by atoms with van der Waals surface area (Å²) >= 11 is 0. The van der Waals surface area contributed by atoms with Crippen LogP contribution in [0.4, 0.5) is 0 Å². The molecule has 1 N–H and O–H groups in total. The molecule has 0 saturated carbocycles. The van der Waals surface area contributed by atoms with E-state index >= 15 is 0 Å². The molecule has 3 aromatic carbocycles. The van der Waals surface area contributed by atoms with Crippen LogP contribution in [0.2, 0.25) is 0 Å². The van der Waals surface area contributed by atoms with E-state index in [4.69, 9.17) is 0 Å². The van der Waals surface area contributed by atoms with Crippen molar-refractivity contribution in [1.29, 1.82) is 0 Å². The van der Waals surface area contributed by atoms with Gasteiger partial charge in [-0.3, -0.25) is 0 Å². The van der Waals surface area contributed by atoms with Gasteiger partial charge < -0.3 is 9.67 Å². The van der Waals surface area contributed by atoms with Gasteiger partial charge in [0.1, 0.15) is 5.69 Å². The van der Waals surface area contributed by atoms with Crippen LogP contribution in [0.1, 0.15) is 21.6 Å². The summed E-state index contributed by atoms with van der Waals surface area (Å²) in [5.74, 6) is -0.899. The lowest BCUT2D eigenvalue weighted by Gasteiger charge is -2.11. The highest BCUT2D eigenvalue weighted by atomic mass is 16.4. The molecule has 0 atom stereocenters. The van der Waals surface area contributed by atoms with Crippen molar-refractivity contribution in [2.45, 2.75) is 13.5 Å². The molecule has 4 rings (SSSR count). The lowest BCUT2D eigenvalue weighted by molar-refractivity contribution is 0.0686. The van der Waals surface area contributed by atoms with Crippen molar-refractivity contribution in [3.63, 3.8) is 0 Å². The highest BCUT2D eigenvalue weighted by Crippen LogP contribution is 2.25. The molecule has 0 unspecified atom stereocenters. The minimum atomic E-state index is -0.899. The summed E-state index contributed by atoms with van der Waals surface area (Å²) in [5.41, 5.74) is 3.52. The van der Waals surface area contributed by atoms with Crippen LogP contribution in [0.3, 0.4) is 0 Å². The number of rotatable bonds is 3. The zero-order chi connectivity index (χ0) is 16.7. The number of benzene rings is 3. The Morgan fingerprint density at radius 3 is 2.58 bits per heavy atom. The van der Waals surface area contributed by atoms with E-state index < -0.39 is 5.97 Å². The van der Waals surface area contributed by atoms with Crippen molar-refractivity contribution >= 4 is 27.6 Å². The van der Waals surface area contributed by atoms with Crippen molar-refractivity contribution in [2.24, 2.45) is 0 Å². The van der Waals surface area contributed by atoms with E-state index in [2.05, 4.69) is 24.3 Å². The first-order valence-electron chi connectivity index (χ1n) is 7.93. The van der Waals surface area contributed by atoms with Gasteiger partial charge in [0, 0.05) is 17.4 Å². The molecule has 0 aliphatic heterocycles. The minimum absolute atomic E-state index is 0.323. The Morgan fingerprint density at radius 2 is 1.75 bits per heavy atom. The van der Waals surface area contributed by atoms with E-state index in [1.165, 1.54) is 5.39 Å². The van der Waals surface area contributed by atoms with Gasteiger partial charge in [0.05, 0.1) is 0 Å². The number of aromatic carboxylic acids is 1. The summed E-state index contributed by atoms with van der Waals surface area (Å²) < 4.78 is 1.90. The summed E-state index contributed by atoms with van der Waals surface area (Å²) in [7, 11) is 0. The van der Waals surface area contributed by atoms with E-state index in [1.54, 1.807) is 6.07 Å². The topological polar surface area (TPSA) is 42.2 Å². The van der Waals surface area contributed by atoms with Crippen LogP contribution in [0, 0.1) is 6.92 Å². The number of aromatic nitrogens is 1. The van der Waals surface area contributed by atoms with Crippen LogP contribution < -0.4 is 0 Å². The Balaban J connectivity index is 1.94. The molecule has 0 amide bonds. The second-order valence-corrected chi connectivity index (χ2v) is 6.12. The standard InChI is InChI=1S/C21H17NO2/c1-14-9-10-16-12-20(21(23)24)22(19(16)11-14)13-17-7-4-6-15-5-2-3-8-18(15)17/h2-12H,13H2,1H3,(H,23,24). The molecule has 0 fully saturated rings. The van der Waals surface area contributed by atoms with Crippen molar-refractivity contribution in [1.82, 2.24) is 4.57 Å². The van der Waals surface area contributed by atoms with Crippen LogP contribution >= 0.6 is 0 Å². The van der Waals surface area contributed by atoms with Gasteiger partial charge in [-0.1, -0.05) is 54.6 Å². The van der Waals surface area contributed by atoms with Crippen LogP contribution in [0.5, 0.6) is 0 Å². The maximum atomic E-state index is 11.7. The van der Waals surface area contributed by atoms with Gasteiger partial charge in [-0.15, -0.1) is 0 Å². The molecule has 4 aromatic rings. The summed E-state index contributed by atoms with van der Waals surface area (Å²) in [4.78, 5) is 11.7. The molecule has 24 heavy (non-hydrogen) atoms. The Bertz CT molecular complexity index is 1070. The molecule has 118 valence electrons. The molecule has 0 aliphatic carbocycles. The molecule has 3 nitrogen and oxygen atoms in total. The molecular weight excluding hydrogens is 298 g/mol. The van der Waals surface area contributed by atoms with Crippen molar-refractivity contribution < 1.29 is 9.90 Å². The maximum Gasteiger partial charge on any atom is 0.352 e. The fourth-order valence-corrected chi connectivity index (χ4v) is 3.31. The summed E-state index contributed by atoms with van der Waals surface area (Å²) in [6.45, 7) is 2.56. The van der Waals surface area contributed by atoms with Gasteiger partial charge in [-0.2, -0.15) is 0 Å². The van der Waals surface area contributed by atoms with E-state index in [9.17, 15) is 9.90 Å². The summed E-state index contributed by atoms with van der Waals surface area (Å²) in [6, 6.07) is 22.2. The van der Waals surface area contributed by atoms with Crippen LogP contribution in [-0.2, 0) is 6.54 Å². The number of carbonyl (C=O) groups is 1. The van der Waals surface area contributed by atoms with Gasteiger partial charge in [0.2, 0.25) is 0 Å². The van der Waals surface area contributed by atoms with Gasteiger partial charge >= 0.3 is 5.97 Å². The highest BCUT2D eigenvalue weighted by molar-refractivity contribution is 5.95. The van der Waals surface area contributed by atoms with E-state index in [0.717, 1.165) is 27.4 Å². The lowest BCUT2D eigenvalue weighted by atomic mass is 10.0. The van der Waals surface area contributed by atoms with Crippen molar-refractivity contribution in [3.8, 4) is 0 Å². The number of aryl methyl sites for hydroxylation is 1. The fraction of sp³-hybridized carbons (Fsp3) is 0.0952. The molecule has 3 heteroatoms. The number of nitrogens with zero attached hydrogens (tertiary/aromatic N) is 1. The molecule has 0 bridgehead atoms. The van der Waals surface area contributed by atoms with Crippen molar-refractivity contribution in [3.05, 3.63) is 83.6 Å². The number of hydrogen-bond acceptors (Lipinski definition) is 1. The zero-order valence-corrected chi connectivity index (χ0v) is 13.4. The van der Waals surface area contributed by atoms with Gasteiger partial charge in [-0.25, -0.2) is 4.79 Å². The second kappa shape index (κ2) is 5.53. The number of fused-ring (bicyclic) bond motifs is 2. The zero-order valence-electron chi connectivity index (χ0n) is 13.4. The smallest absolute Gasteiger partial charge is 0.352 e. The average Bonchev–Trinajstić information content (AvgIpc) is 2.93. The molecule has 0 radical (unpaired) electrons. The molecular formula is C21H17NO2. The average molecular weight is 315 g/mol. The first-order valence-corrected chi connectivity index (χ1v) is 7.93. The Labute approximate surface area is 139 Å². The third-order valence-electron chi connectivity index (χ3n) is 4.49. The third-order valence-corrected chi connectivity index (χ3v) is 4.49. The minimum Gasteiger partial charge on any atom is -0.477 e.